The molecule has 0 N–H and O–H groups in total. The fourth-order valence-corrected chi connectivity index (χ4v) is 3.80. The molecule has 16 heavy (non-hydrogen) atoms. The van der Waals surface area contributed by atoms with E-state index in [1.807, 2.05) is 6.08 Å². The third kappa shape index (κ3) is 2.74. The van der Waals surface area contributed by atoms with E-state index in [9.17, 15) is 4.79 Å². The number of hydrogen-bond acceptors (Lipinski definition) is 3. The van der Waals surface area contributed by atoms with E-state index >= 15 is 0 Å². The second-order valence-electron chi connectivity index (χ2n) is 5.88. The Balaban J connectivity index is 2.57. The van der Waals surface area contributed by atoms with Gasteiger partial charge in [-0.2, -0.15) is 0 Å². The van der Waals surface area contributed by atoms with Crippen molar-refractivity contribution in [3.05, 3.63) is 12.2 Å². The largest absolute Gasteiger partial charge is 0.466 e. The molecule has 4 heteroatoms. The highest BCUT2D eigenvalue weighted by Gasteiger charge is 2.54. The molecule has 1 saturated heterocycles. The van der Waals surface area contributed by atoms with Gasteiger partial charge in [0.1, 0.15) is 0 Å². The lowest BCUT2D eigenvalue weighted by molar-refractivity contribution is -0.134. The number of esters is 1. The Kier molecular flexibility index (Phi) is 3.64. The van der Waals surface area contributed by atoms with Gasteiger partial charge in [0, 0.05) is 6.08 Å². The lowest BCUT2D eigenvalue weighted by Gasteiger charge is -2.35. The monoisotopic (exact) mass is 242 g/mol. The molecule has 3 nitrogen and oxygen atoms in total. The van der Waals surface area contributed by atoms with E-state index in [1.54, 1.807) is 0 Å². The molecular weight excluding hydrogens is 220 g/mol. The maximum Gasteiger partial charge on any atom is 0.330 e. The summed E-state index contributed by atoms with van der Waals surface area (Å²) in [7, 11) is -0.0613. The zero-order valence-corrected chi connectivity index (χ0v) is 12.0. The van der Waals surface area contributed by atoms with E-state index in [0.717, 1.165) is 0 Å². The van der Waals surface area contributed by atoms with Crippen LogP contribution in [0.5, 0.6) is 0 Å². The first-order chi connectivity index (χ1) is 7.20. The Morgan fingerprint density at radius 1 is 1.38 bits per heavy atom. The summed E-state index contributed by atoms with van der Waals surface area (Å²) in [4.78, 5) is 10.9. The van der Waals surface area contributed by atoms with Gasteiger partial charge in [-0.05, 0) is 11.1 Å². The van der Waals surface area contributed by atoms with E-state index < -0.39 is 8.07 Å². The minimum atomic E-state index is -1.44. The highest BCUT2D eigenvalue weighted by molar-refractivity contribution is 6.82. The van der Waals surface area contributed by atoms with Crippen molar-refractivity contribution in [2.45, 2.75) is 50.7 Å². The van der Waals surface area contributed by atoms with Gasteiger partial charge >= 0.3 is 5.97 Å². The normalized spacial score (nSPS) is 25.9. The van der Waals surface area contributed by atoms with Crippen molar-refractivity contribution in [1.29, 1.82) is 0 Å². The molecule has 0 unspecified atom stereocenters. The average Bonchev–Trinajstić information content (AvgIpc) is 2.92. The predicted molar refractivity (Wildman–Crippen MR) is 67.0 cm³/mol. The molecule has 1 aliphatic heterocycles. The highest BCUT2D eigenvalue weighted by Crippen LogP contribution is 2.46. The van der Waals surface area contributed by atoms with Gasteiger partial charge in [-0.1, -0.05) is 33.9 Å². The van der Waals surface area contributed by atoms with Crippen LogP contribution in [-0.4, -0.2) is 33.0 Å². The topological polar surface area (TPSA) is 38.8 Å². The summed E-state index contributed by atoms with van der Waals surface area (Å²) < 4.78 is 10.2. The molecule has 0 aliphatic carbocycles. The predicted octanol–water partition coefficient (Wildman–Crippen LogP) is 2.53. The van der Waals surface area contributed by atoms with Gasteiger partial charge < -0.3 is 9.47 Å². The van der Waals surface area contributed by atoms with Gasteiger partial charge in [0.05, 0.1) is 27.0 Å². The Morgan fingerprint density at radius 3 is 2.38 bits per heavy atom. The molecular formula is C12H22O3Si. The van der Waals surface area contributed by atoms with Crippen LogP contribution in [-0.2, 0) is 14.3 Å². The first kappa shape index (κ1) is 13.5. The Bertz CT molecular complexity index is 302. The average molecular weight is 242 g/mol. The number of methoxy groups -OCH3 is 1. The van der Waals surface area contributed by atoms with E-state index in [0.29, 0.717) is 10.8 Å². The van der Waals surface area contributed by atoms with Crippen molar-refractivity contribution in [3.63, 3.8) is 0 Å². The lowest BCUT2D eigenvalue weighted by Crippen LogP contribution is -2.44. The Hall–Kier alpha value is -0.613. The molecule has 1 aliphatic rings. The first-order valence-corrected chi connectivity index (χ1v) is 8.69. The molecule has 1 fully saturated rings. The number of ether oxygens (including phenoxy) is 2. The van der Waals surface area contributed by atoms with Gasteiger partial charge in [0.2, 0.25) is 0 Å². The van der Waals surface area contributed by atoms with Gasteiger partial charge in [0.15, 0.2) is 0 Å². The summed E-state index contributed by atoms with van der Waals surface area (Å²) in [5, 5.41) is 0.311. The van der Waals surface area contributed by atoms with Crippen molar-refractivity contribution in [2.24, 2.45) is 0 Å². The molecule has 0 aromatic heterocycles. The van der Waals surface area contributed by atoms with Crippen LogP contribution in [0.3, 0.4) is 0 Å². The van der Waals surface area contributed by atoms with Crippen LogP contribution in [0.25, 0.3) is 0 Å². The van der Waals surface area contributed by atoms with Crippen LogP contribution in [0.15, 0.2) is 12.2 Å². The van der Waals surface area contributed by atoms with E-state index in [1.165, 1.54) is 13.2 Å². The van der Waals surface area contributed by atoms with Gasteiger partial charge in [-0.25, -0.2) is 4.79 Å². The van der Waals surface area contributed by atoms with Crippen LogP contribution in [0.4, 0.5) is 0 Å². The zero-order chi connectivity index (χ0) is 12.6. The zero-order valence-electron chi connectivity index (χ0n) is 11.0. The molecule has 0 amide bonds. The number of carbonyl (C=O) groups is 1. The second-order valence-corrected chi connectivity index (χ2v) is 11.4. The maximum atomic E-state index is 10.9. The van der Waals surface area contributed by atoms with E-state index in [2.05, 4.69) is 38.6 Å². The number of hydrogen-bond donors (Lipinski definition) is 0. The number of epoxide rings is 1. The molecule has 0 saturated carbocycles. The SMILES string of the molecule is COC(=O)/C=C/[C@@H]1O[C@H]1[Si](C)(C)C(C)(C)C. The summed E-state index contributed by atoms with van der Waals surface area (Å²) in [6.07, 6.45) is 3.38. The Labute approximate surface area is 98.8 Å². The standard InChI is InChI=1S/C12H22O3Si/c1-12(2,3)16(5,6)11-9(15-11)7-8-10(13)14-4/h7-9,11H,1-6H3/b8-7+/t9-,11-/m0/s1. The first-order valence-electron chi connectivity index (χ1n) is 5.62. The molecule has 0 aromatic rings. The second kappa shape index (κ2) is 4.34. The molecule has 0 spiro atoms. The smallest absolute Gasteiger partial charge is 0.330 e. The molecule has 0 bridgehead atoms. The lowest BCUT2D eigenvalue weighted by atomic mass is 10.2. The summed E-state index contributed by atoms with van der Waals surface area (Å²) in [6, 6.07) is 0. The van der Waals surface area contributed by atoms with Crippen molar-refractivity contribution < 1.29 is 14.3 Å². The molecule has 92 valence electrons. The maximum absolute atomic E-state index is 10.9. The molecule has 1 heterocycles. The minimum absolute atomic E-state index is 0.111. The van der Waals surface area contributed by atoms with E-state index in [-0.39, 0.29) is 12.1 Å². The summed E-state index contributed by atoms with van der Waals surface area (Å²) in [5.74, 6) is -0.315. The fraction of sp³-hybridized carbons (Fsp3) is 0.750. The van der Waals surface area contributed by atoms with Crippen molar-refractivity contribution in [3.8, 4) is 0 Å². The summed E-state index contributed by atoms with van der Waals surface area (Å²) in [5.41, 5.74) is 0.327. The summed E-state index contributed by atoms with van der Waals surface area (Å²) >= 11 is 0. The van der Waals surface area contributed by atoms with Gasteiger partial charge in [0.25, 0.3) is 0 Å². The van der Waals surface area contributed by atoms with Crippen molar-refractivity contribution >= 4 is 14.0 Å². The third-order valence-electron chi connectivity index (χ3n) is 3.79. The van der Waals surface area contributed by atoms with E-state index in [4.69, 9.17) is 4.74 Å². The fourth-order valence-electron chi connectivity index (χ4n) is 1.52. The van der Waals surface area contributed by atoms with Gasteiger partial charge in [-0.15, -0.1) is 0 Å². The van der Waals surface area contributed by atoms with Crippen LogP contribution in [0.2, 0.25) is 18.1 Å². The van der Waals surface area contributed by atoms with Crippen molar-refractivity contribution in [2.75, 3.05) is 7.11 Å². The highest BCUT2D eigenvalue weighted by atomic mass is 28.3. The van der Waals surface area contributed by atoms with Crippen LogP contribution in [0.1, 0.15) is 20.8 Å². The van der Waals surface area contributed by atoms with Gasteiger partial charge in [-0.3, -0.25) is 0 Å². The van der Waals surface area contributed by atoms with Crippen LogP contribution < -0.4 is 0 Å². The molecule has 0 radical (unpaired) electrons. The summed E-state index contributed by atoms with van der Waals surface area (Å²) in [6.45, 7) is 11.5. The van der Waals surface area contributed by atoms with Crippen LogP contribution >= 0.6 is 0 Å². The van der Waals surface area contributed by atoms with Crippen molar-refractivity contribution in [1.82, 2.24) is 0 Å². The number of rotatable bonds is 3. The quantitative estimate of drug-likeness (QED) is 0.330. The third-order valence-corrected chi connectivity index (χ3v) is 9.55. The minimum Gasteiger partial charge on any atom is -0.466 e. The number of carbonyl (C=O) groups excluding carboxylic acids is 1. The molecule has 1 rings (SSSR count). The van der Waals surface area contributed by atoms with Crippen LogP contribution in [0, 0.1) is 0 Å². The Morgan fingerprint density at radius 2 is 1.94 bits per heavy atom. The molecule has 2 atom stereocenters. The molecule has 0 aromatic carbocycles.